The molecule has 122 valence electrons. The van der Waals surface area contributed by atoms with E-state index >= 15 is 0 Å². The summed E-state index contributed by atoms with van der Waals surface area (Å²) in [4.78, 5) is 14.8. The van der Waals surface area contributed by atoms with Crippen LogP contribution in [0.2, 0.25) is 0 Å². The number of nitrogens with zero attached hydrogens (tertiary/aromatic N) is 1. The fraction of sp³-hybridized carbons (Fsp3) is 0.562. The molecule has 1 aliphatic rings. The molecule has 1 aromatic rings. The van der Waals surface area contributed by atoms with Gasteiger partial charge in [-0.05, 0) is 50.8 Å². The molecule has 22 heavy (non-hydrogen) atoms. The molecule has 2 rings (SSSR count). The summed E-state index contributed by atoms with van der Waals surface area (Å²) in [6.45, 7) is 6.68. The van der Waals surface area contributed by atoms with Crippen molar-refractivity contribution in [3.05, 3.63) is 29.3 Å². The Hall–Kier alpha value is -1.40. The van der Waals surface area contributed by atoms with Gasteiger partial charge in [-0.3, -0.25) is 4.79 Å². The summed E-state index contributed by atoms with van der Waals surface area (Å²) in [5.41, 5.74) is 1.28. The molecule has 1 heterocycles. The fourth-order valence-corrected chi connectivity index (χ4v) is 3.89. The maximum atomic E-state index is 12.8. The quantitative estimate of drug-likeness (QED) is 0.924. The Morgan fingerprint density at radius 3 is 2.73 bits per heavy atom. The zero-order valence-electron chi connectivity index (χ0n) is 13.4. The lowest BCUT2D eigenvalue weighted by Gasteiger charge is -2.34. The van der Waals surface area contributed by atoms with Gasteiger partial charge in [-0.2, -0.15) is 0 Å². The molecule has 0 aromatic heterocycles. The van der Waals surface area contributed by atoms with Crippen molar-refractivity contribution in [1.82, 2.24) is 9.62 Å². The lowest BCUT2D eigenvalue weighted by molar-refractivity contribution is 0.0634. The first-order chi connectivity index (χ1) is 10.4. The second-order valence-corrected chi connectivity index (χ2v) is 7.59. The van der Waals surface area contributed by atoms with Gasteiger partial charge in [0.1, 0.15) is 0 Å². The summed E-state index contributed by atoms with van der Waals surface area (Å²) in [7, 11) is -3.55. The third kappa shape index (κ3) is 3.50. The van der Waals surface area contributed by atoms with Crippen LogP contribution in [0, 0.1) is 6.92 Å². The Labute approximate surface area is 132 Å². The molecule has 1 aliphatic heterocycles. The normalized spacial score (nSPS) is 19.2. The Bertz CT molecular complexity index is 655. The molecule has 0 radical (unpaired) electrons. The van der Waals surface area contributed by atoms with Crippen molar-refractivity contribution >= 4 is 15.9 Å². The third-order valence-electron chi connectivity index (χ3n) is 4.15. The lowest BCUT2D eigenvalue weighted by atomic mass is 10.0. The number of aryl methyl sites for hydroxylation is 1. The zero-order chi connectivity index (χ0) is 16.3. The van der Waals surface area contributed by atoms with Gasteiger partial charge < -0.3 is 4.90 Å². The Balaban J connectivity index is 2.36. The van der Waals surface area contributed by atoms with Crippen molar-refractivity contribution in [3.63, 3.8) is 0 Å². The number of carbonyl (C=O) groups excluding carboxylic acids is 1. The van der Waals surface area contributed by atoms with Gasteiger partial charge in [0.15, 0.2) is 0 Å². The Morgan fingerprint density at radius 1 is 1.36 bits per heavy atom. The van der Waals surface area contributed by atoms with Crippen LogP contribution in [0.5, 0.6) is 0 Å². The first kappa shape index (κ1) is 17.0. The first-order valence-electron chi connectivity index (χ1n) is 7.78. The van der Waals surface area contributed by atoms with E-state index in [0.29, 0.717) is 12.1 Å². The van der Waals surface area contributed by atoms with E-state index in [1.807, 2.05) is 18.7 Å². The van der Waals surface area contributed by atoms with Crippen LogP contribution < -0.4 is 4.72 Å². The van der Waals surface area contributed by atoms with Gasteiger partial charge >= 0.3 is 0 Å². The molecule has 1 atom stereocenters. The number of rotatable bonds is 4. The van der Waals surface area contributed by atoms with Crippen molar-refractivity contribution in [3.8, 4) is 0 Å². The number of carbonyl (C=O) groups is 1. The van der Waals surface area contributed by atoms with E-state index in [1.54, 1.807) is 19.1 Å². The van der Waals surface area contributed by atoms with E-state index in [9.17, 15) is 13.2 Å². The van der Waals surface area contributed by atoms with Crippen LogP contribution in [0.15, 0.2) is 23.1 Å². The molecular formula is C16H24N2O3S. The number of amides is 1. The number of benzene rings is 1. The highest BCUT2D eigenvalue weighted by Gasteiger charge is 2.26. The second kappa shape index (κ2) is 6.79. The monoisotopic (exact) mass is 324 g/mol. The van der Waals surface area contributed by atoms with E-state index in [2.05, 4.69) is 4.72 Å². The number of hydrogen-bond donors (Lipinski definition) is 1. The SMILES string of the molecule is CCNS(=O)(=O)c1ccc(C)c(C(=O)N2CCCC[C@@H]2C)c1. The van der Waals surface area contributed by atoms with Gasteiger partial charge in [-0.1, -0.05) is 13.0 Å². The molecule has 1 amide bonds. The number of piperidine rings is 1. The summed E-state index contributed by atoms with van der Waals surface area (Å²) >= 11 is 0. The van der Waals surface area contributed by atoms with Gasteiger partial charge in [0.2, 0.25) is 10.0 Å². The number of sulfonamides is 1. The van der Waals surface area contributed by atoms with Crippen LogP contribution in [0.1, 0.15) is 49.0 Å². The minimum Gasteiger partial charge on any atom is -0.336 e. The van der Waals surface area contributed by atoms with Crippen molar-refractivity contribution in [2.24, 2.45) is 0 Å². The molecule has 0 unspecified atom stereocenters. The van der Waals surface area contributed by atoms with E-state index in [-0.39, 0.29) is 16.8 Å². The second-order valence-electron chi connectivity index (χ2n) is 5.82. The van der Waals surface area contributed by atoms with Gasteiger partial charge in [0.25, 0.3) is 5.91 Å². The van der Waals surface area contributed by atoms with Crippen molar-refractivity contribution in [2.75, 3.05) is 13.1 Å². The molecule has 6 heteroatoms. The van der Waals surface area contributed by atoms with Gasteiger partial charge in [-0.15, -0.1) is 0 Å². The van der Waals surface area contributed by atoms with Gasteiger partial charge in [-0.25, -0.2) is 13.1 Å². The number of nitrogens with one attached hydrogen (secondary N) is 1. The highest BCUT2D eigenvalue weighted by atomic mass is 32.2. The van der Waals surface area contributed by atoms with Crippen LogP contribution in [-0.2, 0) is 10.0 Å². The van der Waals surface area contributed by atoms with Crippen molar-refractivity contribution < 1.29 is 13.2 Å². The lowest BCUT2D eigenvalue weighted by Crippen LogP contribution is -2.42. The Morgan fingerprint density at radius 2 is 2.09 bits per heavy atom. The fourth-order valence-electron chi connectivity index (χ4n) is 2.83. The molecule has 0 bridgehead atoms. The smallest absolute Gasteiger partial charge is 0.254 e. The number of likely N-dealkylation sites (tertiary alicyclic amines) is 1. The molecule has 0 aliphatic carbocycles. The summed E-state index contributed by atoms with van der Waals surface area (Å²) in [6.07, 6.45) is 3.14. The molecule has 0 spiro atoms. The topological polar surface area (TPSA) is 66.5 Å². The molecular weight excluding hydrogens is 300 g/mol. The summed E-state index contributed by atoms with van der Waals surface area (Å²) in [6, 6.07) is 4.95. The predicted molar refractivity (Wildman–Crippen MR) is 86.4 cm³/mol. The van der Waals surface area contributed by atoms with Crippen LogP contribution in [-0.4, -0.2) is 38.4 Å². The summed E-state index contributed by atoms with van der Waals surface area (Å²) < 4.78 is 26.7. The molecule has 1 N–H and O–H groups in total. The predicted octanol–water partition coefficient (Wildman–Crippen LogP) is 2.31. The van der Waals surface area contributed by atoms with Crippen molar-refractivity contribution in [1.29, 1.82) is 0 Å². The van der Waals surface area contributed by atoms with E-state index in [4.69, 9.17) is 0 Å². The minimum absolute atomic E-state index is 0.0711. The summed E-state index contributed by atoms with van der Waals surface area (Å²) in [5.74, 6) is -0.0711. The molecule has 1 fully saturated rings. The largest absolute Gasteiger partial charge is 0.336 e. The highest BCUT2D eigenvalue weighted by molar-refractivity contribution is 7.89. The number of hydrogen-bond acceptors (Lipinski definition) is 3. The Kier molecular flexibility index (Phi) is 5.24. The molecule has 1 saturated heterocycles. The third-order valence-corrected chi connectivity index (χ3v) is 5.69. The maximum absolute atomic E-state index is 12.8. The van der Waals surface area contributed by atoms with E-state index in [0.717, 1.165) is 31.4 Å². The highest BCUT2D eigenvalue weighted by Crippen LogP contribution is 2.22. The average Bonchev–Trinajstić information content (AvgIpc) is 2.47. The standard InChI is InChI=1S/C16H24N2O3S/c1-4-17-22(20,21)14-9-8-12(2)15(11-14)16(19)18-10-6-5-7-13(18)3/h8-9,11,13,17H,4-7,10H2,1-3H3/t13-/m0/s1. The van der Waals surface area contributed by atoms with E-state index in [1.165, 1.54) is 6.07 Å². The summed E-state index contributed by atoms with van der Waals surface area (Å²) in [5, 5.41) is 0. The molecule has 5 nitrogen and oxygen atoms in total. The first-order valence-corrected chi connectivity index (χ1v) is 9.26. The minimum atomic E-state index is -3.55. The van der Waals surface area contributed by atoms with Crippen LogP contribution in [0.25, 0.3) is 0 Å². The maximum Gasteiger partial charge on any atom is 0.254 e. The van der Waals surface area contributed by atoms with E-state index < -0.39 is 10.0 Å². The zero-order valence-corrected chi connectivity index (χ0v) is 14.2. The molecule has 0 saturated carbocycles. The average molecular weight is 324 g/mol. The van der Waals surface area contributed by atoms with Crippen LogP contribution in [0.4, 0.5) is 0 Å². The van der Waals surface area contributed by atoms with Crippen molar-refractivity contribution in [2.45, 2.75) is 51.0 Å². The van der Waals surface area contributed by atoms with Gasteiger partial charge in [0, 0.05) is 24.7 Å². The molecule has 1 aromatic carbocycles. The van der Waals surface area contributed by atoms with Crippen LogP contribution >= 0.6 is 0 Å². The van der Waals surface area contributed by atoms with Gasteiger partial charge in [0.05, 0.1) is 4.90 Å². The van der Waals surface area contributed by atoms with Crippen LogP contribution in [0.3, 0.4) is 0 Å².